The smallest absolute Gasteiger partial charge is 0.283 e. The van der Waals surface area contributed by atoms with Gasteiger partial charge in [0.05, 0.1) is 17.3 Å². The summed E-state index contributed by atoms with van der Waals surface area (Å²) in [7, 11) is 0. The van der Waals surface area contributed by atoms with Crippen LogP contribution < -0.4 is 5.32 Å². The topological polar surface area (TPSA) is 77.6 Å². The fourth-order valence-electron chi connectivity index (χ4n) is 2.34. The molecule has 0 saturated heterocycles. The number of hydrogen-bond acceptors (Lipinski definition) is 4. The molecular weight excluding hydrogens is 366 g/mol. The third-order valence-corrected chi connectivity index (χ3v) is 4.10. The number of aromatic nitrogens is 5. The first kappa shape index (κ1) is 18.0. The first-order chi connectivity index (χ1) is 12.4. The number of alkyl halides is 2. The van der Waals surface area contributed by atoms with Crippen LogP contribution in [0, 0.1) is 6.92 Å². The molecule has 7 nitrogen and oxygen atoms in total. The summed E-state index contributed by atoms with van der Waals surface area (Å²) in [6, 6.07) is 9.65. The van der Waals surface area contributed by atoms with Gasteiger partial charge in [0.25, 0.3) is 6.43 Å². The lowest BCUT2D eigenvalue weighted by Crippen LogP contribution is -2.21. The Morgan fingerprint density at radius 2 is 2.00 bits per heavy atom. The molecule has 0 aliphatic carbocycles. The average molecular weight is 381 g/mol. The fourth-order valence-corrected chi connectivity index (χ4v) is 2.56. The van der Waals surface area contributed by atoms with Gasteiger partial charge in [-0.25, -0.2) is 18.4 Å². The Labute approximate surface area is 152 Å². The van der Waals surface area contributed by atoms with Gasteiger partial charge < -0.3 is 0 Å². The van der Waals surface area contributed by atoms with E-state index in [1.54, 1.807) is 4.68 Å². The van der Waals surface area contributed by atoms with E-state index in [0.717, 1.165) is 10.2 Å². The van der Waals surface area contributed by atoms with E-state index in [0.29, 0.717) is 12.2 Å². The maximum atomic E-state index is 12.8. The first-order valence-electron chi connectivity index (χ1n) is 7.68. The van der Waals surface area contributed by atoms with Crippen LogP contribution in [0.5, 0.6) is 0 Å². The van der Waals surface area contributed by atoms with Gasteiger partial charge in [-0.3, -0.25) is 14.8 Å². The van der Waals surface area contributed by atoms with Gasteiger partial charge in [-0.05, 0) is 12.5 Å². The van der Waals surface area contributed by atoms with Gasteiger partial charge >= 0.3 is 0 Å². The van der Waals surface area contributed by atoms with E-state index in [4.69, 9.17) is 11.6 Å². The molecule has 0 saturated carbocycles. The molecule has 2 heterocycles. The molecule has 3 aromatic rings. The predicted molar refractivity (Wildman–Crippen MR) is 91.1 cm³/mol. The lowest BCUT2D eigenvalue weighted by Gasteiger charge is -2.04. The summed E-state index contributed by atoms with van der Waals surface area (Å²) >= 11 is 5.81. The number of carbonyl (C=O) groups excluding carboxylic acids is 1. The van der Waals surface area contributed by atoms with Crippen molar-refractivity contribution in [2.24, 2.45) is 0 Å². The Balaban J connectivity index is 1.63. The van der Waals surface area contributed by atoms with Gasteiger partial charge in [-0.1, -0.05) is 41.9 Å². The number of halogens is 3. The summed E-state index contributed by atoms with van der Waals surface area (Å²) in [5, 5.41) is 10.2. The number of hydrogen-bond donors (Lipinski definition) is 1. The monoisotopic (exact) mass is 380 g/mol. The van der Waals surface area contributed by atoms with Crippen molar-refractivity contribution < 1.29 is 13.6 Å². The van der Waals surface area contributed by atoms with Crippen molar-refractivity contribution in [3.8, 4) is 0 Å². The van der Waals surface area contributed by atoms with Gasteiger partial charge in [-0.2, -0.15) is 5.10 Å². The minimum absolute atomic E-state index is 0.121. The molecule has 1 N–H and O–H groups in total. The van der Waals surface area contributed by atoms with Crippen molar-refractivity contribution in [3.63, 3.8) is 0 Å². The zero-order valence-corrected chi connectivity index (χ0v) is 14.5. The Bertz CT molecular complexity index is 909. The van der Waals surface area contributed by atoms with E-state index in [9.17, 15) is 13.6 Å². The second-order valence-corrected chi connectivity index (χ2v) is 5.92. The van der Waals surface area contributed by atoms with Crippen LogP contribution in [0.15, 0.2) is 36.7 Å². The molecule has 136 valence electrons. The first-order valence-corrected chi connectivity index (χ1v) is 8.06. The number of rotatable bonds is 6. The molecule has 0 bridgehead atoms. The number of anilines is 1. The van der Waals surface area contributed by atoms with Crippen LogP contribution in [-0.2, 0) is 17.9 Å². The molecule has 0 aliphatic rings. The molecule has 1 amide bonds. The molecule has 1 aromatic carbocycles. The molecule has 3 rings (SSSR count). The normalized spacial score (nSPS) is 11.1. The number of nitrogens with one attached hydrogen (secondary N) is 1. The van der Waals surface area contributed by atoms with E-state index >= 15 is 0 Å². The van der Waals surface area contributed by atoms with Crippen LogP contribution in [-0.4, -0.2) is 30.5 Å². The maximum absolute atomic E-state index is 12.8. The maximum Gasteiger partial charge on any atom is 0.283 e. The van der Waals surface area contributed by atoms with Gasteiger partial charge in [0.15, 0.2) is 0 Å². The van der Waals surface area contributed by atoms with Gasteiger partial charge in [0, 0.05) is 0 Å². The summed E-state index contributed by atoms with van der Waals surface area (Å²) in [4.78, 5) is 16.1. The molecule has 10 heteroatoms. The molecular formula is C16H15ClF2N6O. The second kappa shape index (κ2) is 7.61. The summed E-state index contributed by atoms with van der Waals surface area (Å²) < 4.78 is 28.3. The lowest BCUT2D eigenvalue weighted by atomic mass is 10.2. The largest absolute Gasteiger partial charge is 0.292 e. The van der Waals surface area contributed by atoms with E-state index in [-0.39, 0.29) is 17.5 Å². The van der Waals surface area contributed by atoms with Crippen LogP contribution in [0.2, 0.25) is 5.02 Å². The van der Waals surface area contributed by atoms with Gasteiger partial charge in [0.2, 0.25) is 11.9 Å². The van der Waals surface area contributed by atoms with Crippen molar-refractivity contribution in [3.05, 3.63) is 58.6 Å². The molecule has 0 aliphatic heterocycles. The van der Waals surface area contributed by atoms with Crippen molar-refractivity contribution >= 4 is 23.5 Å². The minimum Gasteiger partial charge on any atom is -0.292 e. The third-order valence-electron chi connectivity index (χ3n) is 3.63. The van der Waals surface area contributed by atoms with E-state index in [2.05, 4.69) is 20.5 Å². The Morgan fingerprint density at radius 3 is 2.65 bits per heavy atom. The molecule has 0 unspecified atom stereocenters. The van der Waals surface area contributed by atoms with Crippen LogP contribution in [0.25, 0.3) is 0 Å². The SMILES string of the molecule is Cc1c(Cl)c(C(F)F)nn1CC(=O)Nc1ncn(Cc2ccccc2)n1. The van der Waals surface area contributed by atoms with E-state index < -0.39 is 18.0 Å². The zero-order chi connectivity index (χ0) is 18.7. The number of carbonyl (C=O) groups is 1. The second-order valence-electron chi connectivity index (χ2n) is 5.54. The molecule has 0 fully saturated rings. The van der Waals surface area contributed by atoms with Crippen LogP contribution >= 0.6 is 11.6 Å². The van der Waals surface area contributed by atoms with Crippen molar-refractivity contribution in [1.29, 1.82) is 0 Å². The molecule has 2 aromatic heterocycles. The summed E-state index contributed by atoms with van der Waals surface area (Å²) in [5.74, 6) is -0.374. The van der Waals surface area contributed by atoms with Gasteiger partial charge in [-0.15, -0.1) is 5.10 Å². The lowest BCUT2D eigenvalue weighted by molar-refractivity contribution is -0.117. The highest BCUT2D eigenvalue weighted by atomic mass is 35.5. The van der Waals surface area contributed by atoms with Gasteiger partial charge in [0.1, 0.15) is 18.6 Å². The molecule has 0 radical (unpaired) electrons. The molecule has 0 spiro atoms. The predicted octanol–water partition coefficient (Wildman–Crippen LogP) is 3.06. The number of amides is 1. The van der Waals surface area contributed by atoms with Crippen LogP contribution in [0.4, 0.5) is 14.7 Å². The number of nitrogens with zero attached hydrogens (tertiary/aromatic N) is 5. The highest BCUT2D eigenvalue weighted by Gasteiger charge is 2.21. The fraction of sp³-hybridized carbons (Fsp3) is 0.250. The van der Waals surface area contributed by atoms with Crippen molar-refractivity contribution in [2.75, 3.05) is 5.32 Å². The summed E-state index contributed by atoms with van der Waals surface area (Å²) in [5.41, 5.74) is 0.790. The average Bonchev–Trinajstić information content (AvgIpc) is 3.15. The Morgan fingerprint density at radius 1 is 1.27 bits per heavy atom. The van der Waals surface area contributed by atoms with E-state index in [1.807, 2.05) is 30.3 Å². The summed E-state index contributed by atoms with van der Waals surface area (Å²) in [6.45, 7) is 1.75. The van der Waals surface area contributed by atoms with Crippen LogP contribution in [0.1, 0.15) is 23.4 Å². The van der Waals surface area contributed by atoms with Crippen LogP contribution in [0.3, 0.4) is 0 Å². The highest BCUT2D eigenvalue weighted by molar-refractivity contribution is 6.31. The Hall–Kier alpha value is -2.81. The minimum atomic E-state index is -2.80. The van der Waals surface area contributed by atoms with E-state index in [1.165, 1.54) is 13.3 Å². The number of benzene rings is 1. The Kier molecular flexibility index (Phi) is 5.27. The van der Waals surface area contributed by atoms with Crippen molar-refractivity contribution in [1.82, 2.24) is 24.5 Å². The molecule has 0 atom stereocenters. The third kappa shape index (κ3) is 4.05. The van der Waals surface area contributed by atoms with Crippen molar-refractivity contribution in [2.45, 2.75) is 26.4 Å². The summed E-state index contributed by atoms with van der Waals surface area (Å²) in [6.07, 6.45) is -1.31. The standard InChI is InChI=1S/C16H15ClF2N6O/c1-10-13(17)14(15(18)19)22-25(10)8-12(26)21-16-20-9-24(23-16)7-11-5-3-2-4-6-11/h2-6,9,15H,7-8H2,1H3,(H,21,23,26). The highest BCUT2D eigenvalue weighted by Crippen LogP contribution is 2.28. The quantitative estimate of drug-likeness (QED) is 0.713. The molecule has 26 heavy (non-hydrogen) atoms. The zero-order valence-electron chi connectivity index (χ0n) is 13.7.